The summed E-state index contributed by atoms with van der Waals surface area (Å²) >= 11 is 0. The minimum absolute atomic E-state index is 0.0149. The minimum Gasteiger partial charge on any atom is -0.369 e. The zero-order chi connectivity index (χ0) is 16.9. The van der Waals surface area contributed by atoms with Crippen molar-refractivity contribution in [1.29, 1.82) is 0 Å². The molecule has 1 aliphatic rings. The molecule has 1 aliphatic heterocycles. The third-order valence-corrected chi connectivity index (χ3v) is 4.02. The highest BCUT2D eigenvalue weighted by molar-refractivity contribution is 5.97. The Morgan fingerprint density at radius 2 is 1.88 bits per heavy atom. The number of ether oxygens (including phenoxy) is 1. The average Bonchev–Trinajstić information content (AvgIpc) is 2.59. The highest BCUT2D eigenvalue weighted by Crippen LogP contribution is 2.16. The molecule has 0 saturated carbocycles. The molecule has 1 fully saturated rings. The van der Waals surface area contributed by atoms with E-state index >= 15 is 0 Å². The van der Waals surface area contributed by atoms with E-state index in [2.05, 4.69) is 5.32 Å². The Morgan fingerprint density at radius 3 is 2.58 bits per heavy atom. The van der Waals surface area contributed by atoms with Crippen molar-refractivity contribution in [1.82, 2.24) is 4.90 Å². The molecule has 5 heteroatoms. The molecule has 0 radical (unpaired) electrons. The van der Waals surface area contributed by atoms with E-state index < -0.39 is 6.04 Å². The van der Waals surface area contributed by atoms with Gasteiger partial charge in [0.15, 0.2) is 0 Å². The van der Waals surface area contributed by atoms with Crippen LogP contribution >= 0.6 is 0 Å². The van der Waals surface area contributed by atoms with Crippen LogP contribution in [-0.4, -0.2) is 36.0 Å². The van der Waals surface area contributed by atoms with Crippen molar-refractivity contribution < 1.29 is 14.3 Å². The van der Waals surface area contributed by atoms with Crippen molar-refractivity contribution in [2.45, 2.75) is 19.5 Å². The number of carbonyl (C=O) groups excluding carboxylic acids is 2. The molecule has 124 valence electrons. The van der Waals surface area contributed by atoms with Crippen LogP contribution in [0.3, 0.4) is 0 Å². The summed E-state index contributed by atoms with van der Waals surface area (Å²) in [5.41, 5.74) is 2.86. The first-order valence-corrected chi connectivity index (χ1v) is 7.92. The topological polar surface area (TPSA) is 58.6 Å². The lowest BCUT2D eigenvalue weighted by Crippen LogP contribution is -2.54. The maximum Gasteiger partial charge on any atom is 0.249 e. The second kappa shape index (κ2) is 7.27. The Bertz CT molecular complexity index is 713. The highest BCUT2D eigenvalue weighted by atomic mass is 16.5. The number of morpholine rings is 1. The number of anilines is 1. The number of amides is 2. The molecule has 0 spiro atoms. The van der Waals surface area contributed by atoms with E-state index in [0.717, 1.165) is 11.1 Å². The summed E-state index contributed by atoms with van der Waals surface area (Å²) in [7, 11) is 0. The molecular formula is C19H20N2O3. The minimum atomic E-state index is -0.632. The molecule has 0 aromatic heterocycles. The van der Waals surface area contributed by atoms with E-state index in [1.165, 1.54) is 0 Å². The highest BCUT2D eigenvalue weighted by Gasteiger charge is 2.34. The lowest BCUT2D eigenvalue weighted by molar-refractivity contribution is -0.154. The number of para-hydroxylation sites is 1. The van der Waals surface area contributed by atoms with Gasteiger partial charge in [-0.1, -0.05) is 48.0 Å². The van der Waals surface area contributed by atoms with Crippen LogP contribution in [0.25, 0.3) is 0 Å². The van der Waals surface area contributed by atoms with E-state index in [9.17, 15) is 9.59 Å². The van der Waals surface area contributed by atoms with Crippen LogP contribution in [0.15, 0.2) is 54.6 Å². The summed E-state index contributed by atoms with van der Waals surface area (Å²) in [5.74, 6) is -0.406. The number of nitrogens with one attached hydrogen (secondary N) is 1. The molecule has 24 heavy (non-hydrogen) atoms. The van der Waals surface area contributed by atoms with Crippen LogP contribution in [0.2, 0.25) is 0 Å². The van der Waals surface area contributed by atoms with E-state index in [4.69, 9.17) is 4.74 Å². The standard InChI is InChI=1S/C19H20N2O3/c1-14-7-9-15(10-8-14)11-21-17(12-24-13-18(21)22)19(23)20-16-5-3-2-4-6-16/h2-10,17H,11-13H2,1H3,(H,20,23)/t17-/m0/s1. The Balaban J connectivity index is 1.75. The van der Waals surface area contributed by atoms with Crippen molar-refractivity contribution in [2.24, 2.45) is 0 Å². The molecule has 2 aromatic carbocycles. The van der Waals surface area contributed by atoms with Crippen molar-refractivity contribution in [3.63, 3.8) is 0 Å². The second-order valence-electron chi connectivity index (χ2n) is 5.89. The van der Waals surface area contributed by atoms with Gasteiger partial charge >= 0.3 is 0 Å². The number of hydrogen-bond donors (Lipinski definition) is 1. The van der Waals surface area contributed by atoms with Crippen LogP contribution in [0.1, 0.15) is 11.1 Å². The van der Waals surface area contributed by atoms with Crippen LogP contribution in [0, 0.1) is 6.92 Å². The van der Waals surface area contributed by atoms with Crippen molar-refractivity contribution in [3.05, 3.63) is 65.7 Å². The molecule has 2 aromatic rings. The summed E-state index contributed by atoms with van der Waals surface area (Å²) in [6.45, 7) is 2.63. The molecular weight excluding hydrogens is 304 g/mol. The fourth-order valence-electron chi connectivity index (χ4n) is 2.66. The summed E-state index contributed by atoms with van der Waals surface area (Å²) in [6.07, 6.45) is 0. The van der Waals surface area contributed by atoms with E-state index in [-0.39, 0.29) is 25.0 Å². The molecule has 1 saturated heterocycles. The number of rotatable bonds is 4. The van der Waals surface area contributed by atoms with E-state index in [0.29, 0.717) is 12.2 Å². The lowest BCUT2D eigenvalue weighted by atomic mass is 10.1. The Hall–Kier alpha value is -2.66. The van der Waals surface area contributed by atoms with Gasteiger partial charge in [0.1, 0.15) is 12.6 Å². The van der Waals surface area contributed by atoms with Gasteiger partial charge in [-0.3, -0.25) is 9.59 Å². The molecule has 0 bridgehead atoms. The Kier molecular flexibility index (Phi) is 4.91. The molecule has 0 unspecified atom stereocenters. The normalized spacial score (nSPS) is 17.6. The van der Waals surface area contributed by atoms with Crippen LogP contribution in [0.5, 0.6) is 0 Å². The molecule has 1 atom stereocenters. The first-order valence-electron chi connectivity index (χ1n) is 7.92. The Morgan fingerprint density at radius 1 is 1.17 bits per heavy atom. The molecule has 1 heterocycles. The number of aryl methyl sites for hydroxylation is 1. The monoisotopic (exact) mass is 324 g/mol. The summed E-state index contributed by atoms with van der Waals surface area (Å²) in [5, 5.41) is 2.84. The SMILES string of the molecule is Cc1ccc(CN2C(=O)COC[C@H]2C(=O)Nc2ccccc2)cc1. The fraction of sp³-hybridized carbons (Fsp3) is 0.263. The Labute approximate surface area is 141 Å². The number of hydrogen-bond acceptors (Lipinski definition) is 3. The average molecular weight is 324 g/mol. The van der Waals surface area contributed by atoms with Gasteiger partial charge in [0.25, 0.3) is 0 Å². The van der Waals surface area contributed by atoms with Crippen LogP contribution in [-0.2, 0) is 20.9 Å². The predicted molar refractivity (Wildman–Crippen MR) is 91.4 cm³/mol. The van der Waals surface area contributed by atoms with Gasteiger partial charge in [-0.2, -0.15) is 0 Å². The van der Waals surface area contributed by atoms with E-state index in [1.54, 1.807) is 4.90 Å². The van der Waals surface area contributed by atoms with Gasteiger partial charge in [-0.25, -0.2) is 0 Å². The number of benzene rings is 2. The van der Waals surface area contributed by atoms with Crippen molar-refractivity contribution in [2.75, 3.05) is 18.5 Å². The van der Waals surface area contributed by atoms with Crippen LogP contribution in [0.4, 0.5) is 5.69 Å². The van der Waals surface area contributed by atoms with Crippen LogP contribution < -0.4 is 5.32 Å². The zero-order valence-electron chi connectivity index (χ0n) is 13.6. The molecule has 1 N–H and O–H groups in total. The van der Waals surface area contributed by atoms with E-state index in [1.807, 2.05) is 61.5 Å². The third-order valence-electron chi connectivity index (χ3n) is 4.02. The molecule has 0 aliphatic carbocycles. The predicted octanol–water partition coefficient (Wildman–Crippen LogP) is 2.36. The summed E-state index contributed by atoms with van der Waals surface area (Å²) < 4.78 is 5.29. The maximum atomic E-state index is 12.6. The second-order valence-corrected chi connectivity index (χ2v) is 5.89. The van der Waals surface area contributed by atoms with Crippen molar-refractivity contribution in [3.8, 4) is 0 Å². The van der Waals surface area contributed by atoms with Gasteiger partial charge in [0, 0.05) is 12.2 Å². The lowest BCUT2D eigenvalue weighted by Gasteiger charge is -2.34. The quantitative estimate of drug-likeness (QED) is 0.939. The number of carbonyl (C=O) groups is 2. The van der Waals surface area contributed by atoms with Gasteiger partial charge in [0.05, 0.1) is 6.61 Å². The maximum absolute atomic E-state index is 12.6. The smallest absolute Gasteiger partial charge is 0.249 e. The largest absolute Gasteiger partial charge is 0.369 e. The first kappa shape index (κ1) is 16.2. The zero-order valence-corrected chi connectivity index (χ0v) is 13.6. The first-order chi connectivity index (χ1) is 11.6. The number of nitrogens with zero attached hydrogens (tertiary/aromatic N) is 1. The summed E-state index contributed by atoms with van der Waals surface area (Å²) in [6, 6.07) is 16.5. The van der Waals surface area contributed by atoms with Gasteiger partial charge in [0.2, 0.25) is 11.8 Å². The van der Waals surface area contributed by atoms with Gasteiger partial charge < -0.3 is 15.0 Å². The molecule has 2 amide bonds. The fourth-order valence-corrected chi connectivity index (χ4v) is 2.66. The molecule has 3 rings (SSSR count). The van der Waals surface area contributed by atoms with Gasteiger partial charge in [-0.15, -0.1) is 0 Å². The van der Waals surface area contributed by atoms with Gasteiger partial charge in [-0.05, 0) is 24.6 Å². The summed E-state index contributed by atoms with van der Waals surface area (Å²) in [4.78, 5) is 26.4. The third kappa shape index (κ3) is 3.81. The van der Waals surface area contributed by atoms with Crippen molar-refractivity contribution >= 4 is 17.5 Å². The molecule has 5 nitrogen and oxygen atoms in total.